The van der Waals surface area contributed by atoms with Gasteiger partial charge in [0.15, 0.2) is 0 Å². The third-order valence-corrected chi connectivity index (χ3v) is 3.87. The van der Waals surface area contributed by atoms with Gasteiger partial charge in [-0.25, -0.2) is 5.43 Å². The molecule has 2 fully saturated rings. The Hall–Kier alpha value is -0.570. The van der Waals surface area contributed by atoms with Crippen LogP contribution in [-0.2, 0) is 4.79 Å². The molecule has 0 bridgehead atoms. The van der Waals surface area contributed by atoms with Gasteiger partial charge in [0, 0.05) is 7.05 Å². The molecule has 0 atom stereocenters. The van der Waals surface area contributed by atoms with Crippen LogP contribution in [0, 0.1) is 11.3 Å². The Balaban J connectivity index is 1.96. The summed E-state index contributed by atoms with van der Waals surface area (Å²) in [5.74, 6) is 0.886. The van der Waals surface area contributed by atoms with Gasteiger partial charge in [-0.15, -0.1) is 0 Å². The number of rotatable bonds is 3. The van der Waals surface area contributed by atoms with Crippen LogP contribution in [0.2, 0.25) is 0 Å². The molecule has 3 nitrogen and oxygen atoms in total. The molecule has 80 valence electrons. The van der Waals surface area contributed by atoms with Crippen LogP contribution < -0.4 is 10.9 Å². The molecular weight excluding hydrogens is 176 g/mol. The molecular formula is C11H20N2O. The highest BCUT2D eigenvalue weighted by atomic mass is 16.2. The van der Waals surface area contributed by atoms with Crippen molar-refractivity contribution in [2.75, 3.05) is 7.05 Å². The summed E-state index contributed by atoms with van der Waals surface area (Å²) >= 11 is 0. The van der Waals surface area contributed by atoms with Gasteiger partial charge in [0.25, 0.3) is 0 Å². The first-order chi connectivity index (χ1) is 6.79. The zero-order valence-electron chi connectivity index (χ0n) is 8.94. The fourth-order valence-corrected chi connectivity index (χ4v) is 2.85. The summed E-state index contributed by atoms with van der Waals surface area (Å²) in [6, 6.07) is 0. The SMILES string of the molecule is CNNC(=O)C1(C2CCCCC2)CC1. The molecule has 0 radical (unpaired) electrons. The molecule has 14 heavy (non-hydrogen) atoms. The van der Waals surface area contributed by atoms with Crippen LogP contribution in [0.5, 0.6) is 0 Å². The molecule has 2 saturated carbocycles. The first-order valence-corrected chi connectivity index (χ1v) is 5.77. The van der Waals surface area contributed by atoms with Crippen molar-refractivity contribution in [2.45, 2.75) is 44.9 Å². The molecule has 0 aromatic rings. The Morgan fingerprint density at radius 1 is 1.21 bits per heavy atom. The predicted octanol–water partition coefficient (Wildman–Crippen LogP) is 1.60. The highest BCUT2D eigenvalue weighted by Gasteiger charge is 2.54. The maximum Gasteiger partial charge on any atom is 0.240 e. The third kappa shape index (κ3) is 1.65. The number of hydrogen-bond acceptors (Lipinski definition) is 2. The summed E-state index contributed by atoms with van der Waals surface area (Å²) in [4.78, 5) is 11.9. The standard InChI is InChI=1S/C11H20N2O/c1-12-13-10(14)11(7-8-11)9-5-3-2-4-6-9/h9,12H,2-8H2,1H3,(H,13,14). The predicted molar refractivity (Wildman–Crippen MR) is 55.4 cm³/mol. The Labute approximate surface area is 85.6 Å². The summed E-state index contributed by atoms with van der Waals surface area (Å²) in [5, 5.41) is 0. The van der Waals surface area contributed by atoms with Crippen LogP contribution >= 0.6 is 0 Å². The molecule has 0 heterocycles. The van der Waals surface area contributed by atoms with Crippen molar-refractivity contribution in [2.24, 2.45) is 11.3 Å². The second-order valence-corrected chi connectivity index (χ2v) is 4.70. The molecule has 0 saturated heterocycles. The normalized spacial score (nSPS) is 25.8. The van der Waals surface area contributed by atoms with Gasteiger partial charge in [0.05, 0.1) is 5.41 Å². The van der Waals surface area contributed by atoms with Crippen molar-refractivity contribution in [3.05, 3.63) is 0 Å². The summed E-state index contributed by atoms with van der Waals surface area (Å²) in [6.07, 6.45) is 8.73. The van der Waals surface area contributed by atoms with Crippen LogP contribution in [0.4, 0.5) is 0 Å². The van der Waals surface area contributed by atoms with E-state index in [4.69, 9.17) is 0 Å². The van der Waals surface area contributed by atoms with E-state index in [1.807, 2.05) is 0 Å². The number of amides is 1. The van der Waals surface area contributed by atoms with Gasteiger partial charge in [-0.05, 0) is 31.6 Å². The van der Waals surface area contributed by atoms with Crippen molar-refractivity contribution in [3.63, 3.8) is 0 Å². The first-order valence-electron chi connectivity index (χ1n) is 5.77. The molecule has 0 unspecified atom stereocenters. The van der Waals surface area contributed by atoms with E-state index in [9.17, 15) is 4.79 Å². The highest BCUT2D eigenvalue weighted by Crippen LogP contribution is 2.56. The quantitative estimate of drug-likeness (QED) is 0.673. The fourth-order valence-electron chi connectivity index (χ4n) is 2.85. The molecule has 1 amide bonds. The lowest BCUT2D eigenvalue weighted by Crippen LogP contribution is -2.43. The summed E-state index contributed by atoms with van der Waals surface area (Å²) in [6.45, 7) is 0. The average molecular weight is 196 g/mol. The minimum atomic E-state index is 0.0173. The highest BCUT2D eigenvalue weighted by molar-refractivity contribution is 5.85. The second kappa shape index (κ2) is 3.89. The van der Waals surface area contributed by atoms with Gasteiger partial charge in [0.2, 0.25) is 5.91 Å². The molecule has 0 spiro atoms. The van der Waals surface area contributed by atoms with Crippen LogP contribution in [0.1, 0.15) is 44.9 Å². The minimum Gasteiger partial charge on any atom is -0.291 e. The molecule has 2 aliphatic rings. The van der Waals surface area contributed by atoms with Gasteiger partial charge in [0.1, 0.15) is 0 Å². The van der Waals surface area contributed by atoms with Crippen molar-refractivity contribution < 1.29 is 4.79 Å². The Morgan fingerprint density at radius 3 is 2.36 bits per heavy atom. The number of hydrazine groups is 1. The molecule has 0 aromatic carbocycles. The van der Waals surface area contributed by atoms with E-state index in [1.54, 1.807) is 7.05 Å². The summed E-state index contributed by atoms with van der Waals surface area (Å²) < 4.78 is 0. The maximum absolute atomic E-state index is 11.9. The van der Waals surface area contributed by atoms with E-state index in [-0.39, 0.29) is 11.3 Å². The Kier molecular flexibility index (Phi) is 2.77. The fraction of sp³-hybridized carbons (Fsp3) is 0.909. The smallest absolute Gasteiger partial charge is 0.240 e. The molecule has 0 aromatic heterocycles. The van der Waals surface area contributed by atoms with E-state index in [1.165, 1.54) is 32.1 Å². The Bertz CT molecular complexity index is 217. The van der Waals surface area contributed by atoms with Crippen LogP contribution in [0.15, 0.2) is 0 Å². The Morgan fingerprint density at radius 2 is 1.86 bits per heavy atom. The topological polar surface area (TPSA) is 41.1 Å². The number of carbonyl (C=O) groups excluding carboxylic acids is 1. The molecule has 2 rings (SSSR count). The van der Waals surface area contributed by atoms with Gasteiger partial charge in [-0.2, -0.15) is 0 Å². The van der Waals surface area contributed by atoms with Crippen molar-refractivity contribution in [1.82, 2.24) is 10.9 Å². The van der Waals surface area contributed by atoms with Gasteiger partial charge < -0.3 is 0 Å². The zero-order chi connectivity index (χ0) is 10.0. The molecule has 2 aliphatic carbocycles. The van der Waals surface area contributed by atoms with Crippen molar-refractivity contribution >= 4 is 5.91 Å². The minimum absolute atomic E-state index is 0.0173. The van der Waals surface area contributed by atoms with E-state index in [0.29, 0.717) is 5.92 Å². The van der Waals surface area contributed by atoms with Crippen molar-refractivity contribution in [3.8, 4) is 0 Å². The van der Waals surface area contributed by atoms with E-state index < -0.39 is 0 Å². The number of nitrogens with one attached hydrogen (secondary N) is 2. The van der Waals surface area contributed by atoms with E-state index in [2.05, 4.69) is 10.9 Å². The number of carbonyl (C=O) groups is 1. The molecule has 2 N–H and O–H groups in total. The second-order valence-electron chi connectivity index (χ2n) is 4.70. The van der Waals surface area contributed by atoms with Gasteiger partial charge in [-0.1, -0.05) is 19.3 Å². The summed E-state index contributed by atoms with van der Waals surface area (Å²) in [7, 11) is 1.76. The van der Waals surface area contributed by atoms with E-state index in [0.717, 1.165) is 12.8 Å². The monoisotopic (exact) mass is 196 g/mol. The first kappa shape index (κ1) is 9.97. The van der Waals surface area contributed by atoms with Crippen molar-refractivity contribution in [1.29, 1.82) is 0 Å². The zero-order valence-corrected chi connectivity index (χ0v) is 8.94. The molecule has 0 aliphatic heterocycles. The van der Waals surface area contributed by atoms with Crippen LogP contribution in [0.25, 0.3) is 0 Å². The van der Waals surface area contributed by atoms with Gasteiger partial charge in [-0.3, -0.25) is 10.2 Å². The lowest BCUT2D eigenvalue weighted by molar-refractivity contribution is -0.129. The maximum atomic E-state index is 11.9. The molecule has 3 heteroatoms. The van der Waals surface area contributed by atoms with E-state index >= 15 is 0 Å². The lowest BCUT2D eigenvalue weighted by atomic mass is 9.77. The summed E-state index contributed by atoms with van der Waals surface area (Å²) in [5.41, 5.74) is 5.53. The lowest BCUT2D eigenvalue weighted by Gasteiger charge is -2.29. The largest absolute Gasteiger partial charge is 0.291 e. The third-order valence-electron chi connectivity index (χ3n) is 3.87. The average Bonchev–Trinajstić information content (AvgIpc) is 3.00. The number of hydrogen-bond donors (Lipinski definition) is 2. The van der Waals surface area contributed by atoms with Crippen LogP contribution in [0.3, 0.4) is 0 Å². The van der Waals surface area contributed by atoms with Crippen LogP contribution in [-0.4, -0.2) is 13.0 Å². The van der Waals surface area contributed by atoms with Gasteiger partial charge >= 0.3 is 0 Å².